The highest BCUT2D eigenvalue weighted by Gasteiger charge is 2.63. The van der Waals surface area contributed by atoms with Crippen molar-refractivity contribution < 1.29 is 13.6 Å². The molecular formula is C17H30F2N2O. The number of alkyl halides is 2. The Bertz CT molecular complexity index is 419. The van der Waals surface area contributed by atoms with Gasteiger partial charge in [0.25, 0.3) is 5.92 Å². The van der Waals surface area contributed by atoms with Gasteiger partial charge in [-0.05, 0) is 19.3 Å². The highest BCUT2D eigenvalue weighted by atomic mass is 19.3. The molecule has 2 saturated heterocycles. The molecule has 2 atom stereocenters. The second-order valence-corrected chi connectivity index (χ2v) is 7.68. The molecule has 5 heteroatoms. The normalized spacial score (nSPS) is 26.8. The minimum atomic E-state index is -2.78. The van der Waals surface area contributed by atoms with Gasteiger partial charge in [-0.1, -0.05) is 34.1 Å². The maximum atomic E-state index is 14.7. The van der Waals surface area contributed by atoms with Crippen molar-refractivity contribution in [3.8, 4) is 0 Å². The Hall–Kier alpha value is -0.710. The summed E-state index contributed by atoms with van der Waals surface area (Å²) in [5, 5.41) is 0. The Morgan fingerprint density at radius 2 is 1.73 bits per heavy atom. The summed E-state index contributed by atoms with van der Waals surface area (Å²) in [5.74, 6) is -2.62. The van der Waals surface area contributed by atoms with Gasteiger partial charge in [-0.15, -0.1) is 0 Å². The van der Waals surface area contributed by atoms with Gasteiger partial charge >= 0.3 is 0 Å². The zero-order chi connectivity index (χ0) is 16.7. The van der Waals surface area contributed by atoms with E-state index in [-0.39, 0.29) is 11.8 Å². The van der Waals surface area contributed by atoms with Gasteiger partial charge in [-0.25, -0.2) is 8.78 Å². The summed E-state index contributed by atoms with van der Waals surface area (Å²) in [6.07, 6.45) is 1.49. The van der Waals surface area contributed by atoms with Crippen molar-refractivity contribution in [3.05, 3.63) is 0 Å². The third kappa shape index (κ3) is 2.89. The first-order valence-electron chi connectivity index (χ1n) is 8.54. The summed E-state index contributed by atoms with van der Waals surface area (Å²) in [6.45, 7) is 11.0. The fraction of sp³-hybridized carbons (Fsp3) is 0.941. The van der Waals surface area contributed by atoms with E-state index in [4.69, 9.17) is 0 Å². The fourth-order valence-corrected chi connectivity index (χ4v) is 3.68. The van der Waals surface area contributed by atoms with E-state index >= 15 is 0 Å². The van der Waals surface area contributed by atoms with Crippen molar-refractivity contribution in [2.45, 2.75) is 59.4 Å². The van der Waals surface area contributed by atoms with Crippen LogP contribution in [0.25, 0.3) is 0 Å². The first-order chi connectivity index (χ1) is 10.1. The number of likely N-dealkylation sites (tertiary alicyclic amines) is 2. The van der Waals surface area contributed by atoms with Gasteiger partial charge in [0, 0.05) is 31.6 Å². The zero-order valence-corrected chi connectivity index (χ0v) is 14.5. The van der Waals surface area contributed by atoms with Crippen LogP contribution in [0.5, 0.6) is 0 Å². The molecule has 2 fully saturated rings. The monoisotopic (exact) mass is 316 g/mol. The number of piperidine rings is 1. The zero-order valence-electron chi connectivity index (χ0n) is 14.5. The molecule has 128 valence electrons. The second kappa shape index (κ2) is 6.06. The quantitative estimate of drug-likeness (QED) is 0.795. The number of hydrogen-bond acceptors (Lipinski definition) is 2. The molecule has 1 amide bonds. The number of carbonyl (C=O) groups is 1. The van der Waals surface area contributed by atoms with E-state index in [2.05, 4.69) is 25.7 Å². The molecule has 2 rings (SSSR count). The van der Waals surface area contributed by atoms with Crippen molar-refractivity contribution in [2.75, 3.05) is 26.2 Å². The van der Waals surface area contributed by atoms with Crippen molar-refractivity contribution in [1.82, 2.24) is 9.80 Å². The Morgan fingerprint density at radius 3 is 2.18 bits per heavy atom. The lowest BCUT2D eigenvalue weighted by atomic mass is 9.68. The van der Waals surface area contributed by atoms with Crippen LogP contribution in [0.3, 0.4) is 0 Å². The van der Waals surface area contributed by atoms with E-state index < -0.39 is 17.9 Å². The number of hydrogen-bond donors (Lipinski definition) is 0. The molecule has 0 aromatic heterocycles. The van der Waals surface area contributed by atoms with Crippen LogP contribution in [0.2, 0.25) is 0 Å². The van der Waals surface area contributed by atoms with Gasteiger partial charge in [-0.2, -0.15) is 0 Å². The molecule has 2 heterocycles. The fourth-order valence-electron chi connectivity index (χ4n) is 3.68. The van der Waals surface area contributed by atoms with Crippen molar-refractivity contribution in [3.63, 3.8) is 0 Å². The van der Waals surface area contributed by atoms with E-state index in [0.717, 1.165) is 6.42 Å². The van der Waals surface area contributed by atoms with E-state index in [1.165, 1.54) is 4.90 Å². The molecular weight excluding hydrogens is 286 g/mol. The van der Waals surface area contributed by atoms with Crippen LogP contribution in [-0.2, 0) is 4.79 Å². The Morgan fingerprint density at radius 1 is 1.14 bits per heavy atom. The van der Waals surface area contributed by atoms with Crippen LogP contribution in [-0.4, -0.2) is 53.9 Å². The molecule has 0 radical (unpaired) electrons. The number of carbonyl (C=O) groups excluding carboxylic acids is 1. The molecule has 0 saturated carbocycles. The summed E-state index contributed by atoms with van der Waals surface area (Å²) >= 11 is 0. The average molecular weight is 316 g/mol. The predicted molar refractivity (Wildman–Crippen MR) is 83.9 cm³/mol. The van der Waals surface area contributed by atoms with Crippen LogP contribution < -0.4 is 0 Å². The summed E-state index contributed by atoms with van der Waals surface area (Å²) in [4.78, 5) is 15.5. The predicted octanol–water partition coefficient (Wildman–Crippen LogP) is 3.25. The third-order valence-corrected chi connectivity index (χ3v) is 5.89. The minimum absolute atomic E-state index is 0.154. The summed E-state index contributed by atoms with van der Waals surface area (Å²) < 4.78 is 29.4. The van der Waals surface area contributed by atoms with Crippen molar-refractivity contribution in [1.29, 1.82) is 0 Å². The molecule has 1 unspecified atom stereocenters. The highest BCUT2D eigenvalue weighted by Crippen LogP contribution is 2.51. The van der Waals surface area contributed by atoms with E-state index in [9.17, 15) is 13.6 Å². The topological polar surface area (TPSA) is 23.6 Å². The highest BCUT2D eigenvalue weighted by molar-refractivity contribution is 5.78. The Balaban J connectivity index is 2.00. The Labute approximate surface area is 133 Å². The van der Waals surface area contributed by atoms with Crippen molar-refractivity contribution in [2.24, 2.45) is 17.3 Å². The van der Waals surface area contributed by atoms with Gasteiger partial charge in [0.15, 0.2) is 0 Å². The van der Waals surface area contributed by atoms with Crippen LogP contribution in [0.4, 0.5) is 8.78 Å². The molecule has 0 bridgehead atoms. The number of halogens is 2. The molecule has 0 N–H and O–H groups in total. The molecule has 0 aromatic rings. The average Bonchev–Trinajstić information content (AvgIpc) is 2.41. The van der Waals surface area contributed by atoms with Gasteiger partial charge in [-0.3, -0.25) is 9.69 Å². The van der Waals surface area contributed by atoms with Gasteiger partial charge in [0.05, 0.1) is 12.0 Å². The lowest BCUT2D eigenvalue weighted by molar-refractivity contribution is -0.232. The smallest absolute Gasteiger partial charge is 0.273 e. The number of rotatable bonds is 4. The third-order valence-electron chi connectivity index (χ3n) is 5.89. The standard InChI is InChI=1S/C17H30F2N2O/c1-6-13(4)14(5)21-9-16(10-21)7-8-20(11-17(16,18)19)15(22)12(2)3/h12-14H,6-11H2,1-5H3/t13?,14-/m0/s1. The number of amides is 1. The maximum absolute atomic E-state index is 14.7. The first-order valence-corrected chi connectivity index (χ1v) is 8.54. The van der Waals surface area contributed by atoms with Crippen LogP contribution in [0, 0.1) is 17.3 Å². The maximum Gasteiger partial charge on any atom is 0.273 e. The molecule has 2 aliphatic rings. The molecule has 1 spiro atoms. The molecule has 0 aromatic carbocycles. The SMILES string of the molecule is CCC(C)[C@H](C)N1CC2(CCN(C(=O)C(C)C)CC2(F)F)C1. The lowest BCUT2D eigenvalue weighted by Gasteiger charge is -2.59. The number of nitrogens with zero attached hydrogens (tertiary/aromatic N) is 2. The van der Waals surface area contributed by atoms with E-state index in [0.29, 0.717) is 38.0 Å². The first kappa shape index (κ1) is 17.6. The minimum Gasteiger partial charge on any atom is -0.336 e. The molecule has 0 aliphatic carbocycles. The lowest BCUT2D eigenvalue weighted by Crippen LogP contribution is -2.72. The van der Waals surface area contributed by atoms with Crippen molar-refractivity contribution >= 4 is 5.91 Å². The summed E-state index contributed by atoms with van der Waals surface area (Å²) in [7, 11) is 0. The van der Waals surface area contributed by atoms with E-state index in [1.807, 2.05) is 0 Å². The van der Waals surface area contributed by atoms with Gasteiger partial charge in [0.2, 0.25) is 5.91 Å². The summed E-state index contributed by atoms with van der Waals surface area (Å²) in [5.41, 5.74) is -0.914. The Kier molecular flexibility index (Phi) is 4.86. The molecule has 2 aliphatic heterocycles. The van der Waals surface area contributed by atoms with Gasteiger partial charge in [0.1, 0.15) is 0 Å². The van der Waals surface area contributed by atoms with Crippen LogP contribution in [0.1, 0.15) is 47.5 Å². The summed E-state index contributed by atoms with van der Waals surface area (Å²) in [6, 6.07) is 0.349. The molecule has 3 nitrogen and oxygen atoms in total. The van der Waals surface area contributed by atoms with Crippen LogP contribution in [0.15, 0.2) is 0 Å². The second-order valence-electron chi connectivity index (χ2n) is 7.68. The van der Waals surface area contributed by atoms with Crippen LogP contribution >= 0.6 is 0 Å². The van der Waals surface area contributed by atoms with E-state index in [1.54, 1.807) is 13.8 Å². The largest absolute Gasteiger partial charge is 0.336 e. The molecule has 22 heavy (non-hydrogen) atoms. The van der Waals surface area contributed by atoms with Gasteiger partial charge < -0.3 is 4.90 Å².